The van der Waals surface area contributed by atoms with Crippen molar-refractivity contribution in [3.8, 4) is 5.75 Å². The van der Waals surface area contributed by atoms with Crippen molar-refractivity contribution in [1.29, 1.82) is 0 Å². The van der Waals surface area contributed by atoms with E-state index in [9.17, 15) is 19.5 Å². The van der Waals surface area contributed by atoms with Crippen LogP contribution in [0.1, 0.15) is 72.6 Å². The molecule has 1 aliphatic rings. The highest BCUT2D eigenvalue weighted by molar-refractivity contribution is 7.98. The van der Waals surface area contributed by atoms with Gasteiger partial charge in [0.1, 0.15) is 18.0 Å². The molecule has 10 nitrogen and oxygen atoms in total. The van der Waals surface area contributed by atoms with Crippen LogP contribution in [0.5, 0.6) is 5.75 Å². The number of aliphatic hydroxyl groups is 2. The van der Waals surface area contributed by atoms with Gasteiger partial charge in [-0.3, -0.25) is 19.3 Å². The predicted octanol–water partition coefficient (Wildman–Crippen LogP) is 5.98. The van der Waals surface area contributed by atoms with Crippen molar-refractivity contribution in [3.63, 3.8) is 0 Å². The molecular formula is C39H53NO9S. The summed E-state index contributed by atoms with van der Waals surface area (Å²) in [5.74, 6) is 0.309. The monoisotopic (exact) mass is 711 g/mol. The van der Waals surface area contributed by atoms with Crippen LogP contribution in [-0.4, -0.2) is 109 Å². The number of Topliss-reactive ketones (excluding diaryl/α,β-unsaturated/α-hetero) is 3. The largest absolute Gasteiger partial charge is 0.491 e. The van der Waals surface area contributed by atoms with Gasteiger partial charge in [0.2, 0.25) is 12.1 Å². The third-order valence-corrected chi connectivity index (χ3v) is 8.39. The molecule has 2 N–H and O–H groups in total. The molecule has 0 aliphatic carbocycles. The van der Waals surface area contributed by atoms with Gasteiger partial charge < -0.3 is 29.2 Å². The smallest absolute Gasteiger partial charge is 0.222 e. The second-order valence-electron chi connectivity index (χ2n) is 12.2. The summed E-state index contributed by atoms with van der Waals surface area (Å²) in [4.78, 5) is 39.6. The lowest BCUT2D eigenvalue weighted by Crippen LogP contribution is -2.54. The van der Waals surface area contributed by atoms with Gasteiger partial charge in [-0.15, -0.1) is 11.8 Å². The van der Waals surface area contributed by atoms with E-state index in [0.717, 1.165) is 18.7 Å². The zero-order chi connectivity index (χ0) is 37.2. The molecule has 0 unspecified atom stereocenters. The van der Waals surface area contributed by atoms with E-state index in [2.05, 4.69) is 4.90 Å². The fraction of sp³-hybridized carbons (Fsp3) is 0.462. The Balaban J connectivity index is 0.000000263. The van der Waals surface area contributed by atoms with Crippen LogP contribution in [0.25, 0.3) is 0 Å². The van der Waals surface area contributed by atoms with Gasteiger partial charge in [0, 0.05) is 47.9 Å². The molecule has 1 aliphatic heterocycles. The number of thioether (sulfide) groups is 1. The van der Waals surface area contributed by atoms with Crippen LogP contribution in [0, 0.1) is 0 Å². The standard InChI is InChI=1S/C15H21NO2S.C12H16O4.C12H16O3/c1-15(2,16-8-10-18-11-9-16)14(17)12-4-6-13(19-3)7-5-12;1-12(2,15)11(14)9-3-5-10(6-4-9)16-8-7-13;1-3-14-12(15-4-2)11(13)10-8-6-5-7-9-10/h4-7H,8-11H2,1-3H3;3-6,13,15H,7-8H2,1-2H3;5-9,12H,3-4H2,1-2H3. The number of aliphatic hydroxyl groups excluding tert-OH is 1. The maximum Gasteiger partial charge on any atom is 0.222 e. The van der Waals surface area contributed by atoms with Gasteiger partial charge in [-0.2, -0.15) is 0 Å². The number of rotatable bonds is 15. The molecule has 3 aromatic rings. The summed E-state index contributed by atoms with van der Waals surface area (Å²) in [5.41, 5.74) is 0.000494. The third-order valence-electron chi connectivity index (χ3n) is 7.65. The lowest BCUT2D eigenvalue weighted by Gasteiger charge is -2.39. The normalized spacial score (nSPS) is 13.4. The Morgan fingerprint density at radius 2 is 1.32 bits per heavy atom. The molecule has 0 spiro atoms. The molecule has 1 heterocycles. The summed E-state index contributed by atoms with van der Waals surface area (Å²) in [5, 5.41) is 18.1. The van der Waals surface area contributed by atoms with Crippen LogP contribution in [0.15, 0.2) is 83.8 Å². The first-order chi connectivity index (χ1) is 23.8. The Morgan fingerprint density at radius 1 is 0.800 bits per heavy atom. The van der Waals surface area contributed by atoms with Gasteiger partial charge in [-0.05, 0) is 84.2 Å². The molecule has 1 saturated heterocycles. The lowest BCUT2D eigenvalue weighted by molar-refractivity contribution is -0.107. The minimum Gasteiger partial charge on any atom is -0.491 e. The summed E-state index contributed by atoms with van der Waals surface area (Å²) in [7, 11) is 0. The highest BCUT2D eigenvalue weighted by Gasteiger charge is 2.35. The SMILES string of the molecule is CC(C)(O)C(=O)c1ccc(OCCO)cc1.CCOC(OCC)C(=O)c1ccccc1.CSc1ccc(C(=O)C(C)(C)N2CCOCC2)cc1. The predicted molar refractivity (Wildman–Crippen MR) is 196 cm³/mol. The van der Waals surface area contributed by atoms with E-state index in [1.54, 1.807) is 48.2 Å². The van der Waals surface area contributed by atoms with Crippen LogP contribution in [0.3, 0.4) is 0 Å². The van der Waals surface area contributed by atoms with Crippen molar-refractivity contribution < 1.29 is 43.5 Å². The minimum atomic E-state index is -1.37. The Bertz CT molecular complexity index is 1430. The number of hydrogen-bond donors (Lipinski definition) is 2. The van der Waals surface area contributed by atoms with E-state index in [-0.39, 0.29) is 30.6 Å². The summed E-state index contributed by atoms with van der Waals surface area (Å²) in [6.45, 7) is 14.7. The first-order valence-electron chi connectivity index (χ1n) is 16.7. The van der Waals surface area contributed by atoms with E-state index in [0.29, 0.717) is 43.3 Å². The number of carbonyl (C=O) groups is 3. The van der Waals surface area contributed by atoms with Gasteiger partial charge >= 0.3 is 0 Å². The number of ketones is 3. The van der Waals surface area contributed by atoms with Crippen LogP contribution in [0.4, 0.5) is 0 Å². The molecule has 0 bridgehead atoms. The molecular weight excluding hydrogens is 658 g/mol. The van der Waals surface area contributed by atoms with Crippen molar-refractivity contribution in [2.45, 2.75) is 63.9 Å². The summed E-state index contributed by atoms with van der Waals surface area (Å²) < 4.78 is 21.0. The number of carbonyl (C=O) groups excluding carboxylic acids is 3. The number of benzene rings is 3. The van der Waals surface area contributed by atoms with Crippen molar-refractivity contribution in [3.05, 3.63) is 95.6 Å². The second-order valence-corrected chi connectivity index (χ2v) is 13.1. The molecule has 0 atom stereocenters. The van der Waals surface area contributed by atoms with E-state index in [1.165, 1.54) is 18.7 Å². The van der Waals surface area contributed by atoms with Crippen LogP contribution >= 0.6 is 11.8 Å². The number of ether oxygens (including phenoxy) is 4. The molecule has 11 heteroatoms. The Kier molecular flexibility index (Phi) is 18.6. The van der Waals surface area contributed by atoms with Crippen molar-refractivity contribution >= 4 is 29.1 Å². The fourth-order valence-corrected chi connectivity index (χ4v) is 5.23. The molecule has 0 saturated carbocycles. The molecule has 4 rings (SSSR count). The quantitative estimate of drug-likeness (QED) is 0.110. The first kappa shape index (κ1) is 42.7. The lowest BCUT2D eigenvalue weighted by atomic mass is 9.91. The second kappa shape index (κ2) is 21.7. The molecule has 0 amide bonds. The highest BCUT2D eigenvalue weighted by Crippen LogP contribution is 2.24. The zero-order valence-electron chi connectivity index (χ0n) is 30.3. The molecule has 0 aromatic heterocycles. The van der Waals surface area contributed by atoms with Crippen molar-refractivity contribution in [2.24, 2.45) is 0 Å². The zero-order valence-corrected chi connectivity index (χ0v) is 31.2. The Morgan fingerprint density at radius 3 is 1.80 bits per heavy atom. The van der Waals surface area contributed by atoms with Gasteiger partial charge in [0.25, 0.3) is 0 Å². The molecule has 1 fully saturated rings. The highest BCUT2D eigenvalue weighted by atomic mass is 32.2. The van der Waals surface area contributed by atoms with Gasteiger partial charge in [-0.1, -0.05) is 42.5 Å². The van der Waals surface area contributed by atoms with E-state index < -0.39 is 17.4 Å². The van der Waals surface area contributed by atoms with Gasteiger partial charge in [0.05, 0.1) is 25.4 Å². The van der Waals surface area contributed by atoms with E-state index >= 15 is 0 Å². The summed E-state index contributed by atoms with van der Waals surface area (Å²) in [6.07, 6.45) is 1.26. The van der Waals surface area contributed by atoms with Crippen molar-refractivity contribution in [2.75, 3.05) is 59.0 Å². The summed E-state index contributed by atoms with van der Waals surface area (Å²) >= 11 is 1.69. The third kappa shape index (κ3) is 13.7. The average molecular weight is 712 g/mol. The fourth-order valence-electron chi connectivity index (χ4n) is 4.82. The molecule has 3 aromatic carbocycles. The molecule has 0 radical (unpaired) electrons. The Hall–Kier alpha value is -3.42. The first-order valence-corrected chi connectivity index (χ1v) is 18.0. The van der Waals surface area contributed by atoms with Crippen LogP contribution in [0.2, 0.25) is 0 Å². The molecule has 50 heavy (non-hydrogen) atoms. The average Bonchev–Trinajstić information content (AvgIpc) is 3.14. The van der Waals surface area contributed by atoms with Gasteiger partial charge in [0.15, 0.2) is 11.6 Å². The van der Waals surface area contributed by atoms with E-state index in [1.807, 2.05) is 76.4 Å². The van der Waals surface area contributed by atoms with Gasteiger partial charge in [-0.25, -0.2) is 0 Å². The maximum atomic E-state index is 12.7. The maximum absolute atomic E-state index is 12.7. The number of morpholine rings is 1. The summed E-state index contributed by atoms with van der Waals surface area (Å²) in [6, 6.07) is 23.3. The van der Waals surface area contributed by atoms with Crippen molar-refractivity contribution in [1.82, 2.24) is 4.90 Å². The molecule has 274 valence electrons. The number of nitrogens with zero attached hydrogens (tertiary/aromatic N) is 1. The number of hydrogen-bond acceptors (Lipinski definition) is 11. The Labute approximate surface area is 301 Å². The van der Waals surface area contributed by atoms with Crippen LogP contribution < -0.4 is 4.74 Å². The topological polar surface area (TPSA) is 132 Å². The minimum absolute atomic E-state index is 0.0512. The van der Waals surface area contributed by atoms with E-state index in [4.69, 9.17) is 24.1 Å². The van der Waals surface area contributed by atoms with Crippen LogP contribution in [-0.2, 0) is 14.2 Å².